The molecule has 1 amide bonds. The van der Waals surface area contributed by atoms with Gasteiger partial charge >= 0.3 is 0 Å². The Bertz CT molecular complexity index is 1070. The molecule has 3 aromatic rings. The number of carbonyl (C=O) groups excluding carboxylic acids is 2. The summed E-state index contributed by atoms with van der Waals surface area (Å²) in [6, 6.07) is 11.2. The van der Waals surface area contributed by atoms with Gasteiger partial charge < -0.3 is 14.4 Å². The van der Waals surface area contributed by atoms with Gasteiger partial charge in [-0.2, -0.15) is 0 Å². The van der Waals surface area contributed by atoms with Crippen LogP contribution in [0.5, 0.6) is 11.5 Å². The summed E-state index contributed by atoms with van der Waals surface area (Å²) in [5.74, 6) is 0.427. The molecule has 1 aliphatic heterocycles. The van der Waals surface area contributed by atoms with Crippen molar-refractivity contribution in [2.75, 3.05) is 25.2 Å². The van der Waals surface area contributed by atoms with E-state index < -0.39 is 0 Å². The highest BCUT2D eigenvalue weighted by atomic mass is 32.1. The molecule has 30 heavy (non-hydrogen) atoms. The fraction of sp³-hybridized carbons (Fsp3) is 0.227. The highest BCUT2D eigenvalue weighted by molar-refractivity contribution is 7.17. The first-order chi connectivity index (χ1) is 14.1. The van der Waals surface area contributed by atoms with Crippen molar-refractivity contribution in [1.82, 2.24) is 4.98 Å². The summed E-state index contributed by atoms with van der Waals surface area (Å²) >= 11 is 1.31. The third-order valence-corrected chi connectivity index (χ3v) is 5.70. The Morgan fingerprint density at radius 1 is 1.20 bits per heavy atom. The lowest BCUT2D eigenvalue weighted by molar-refractivity contribution is -0.109. The van der Waals surface area contributed by atoms with Crippen LogP contribution in [0.15, 0.2) is 42.5 Å². The molecule has 0 atom stereocenters. The lowest BCUT2D eigenvalue weighted by atomic mass is 10.1. The summed E-state index contributed by atoms with van der Waals surface area (Å²) in [5, 5.41) is 0.695. The van der Waals surface area contributed by atoms with E-state index in [0.29, 0.717) is 46.3 Å². The van der Waals surface area contributed by atoms with Gasteiger partial charge in [0, 0.05) is 30.3 Å². The van der Waals surface area contributed by atoms with Crippen LogP contribution in [0.2, 0.25) is 0 Å². The van der Waals surface area contributed by atoms with Crippen LogP contribution >= 0.6 is 11.3 Å². The predicted octanol–water partition coefficient (Wildman–Crippen LogP) is 4.37. The summed E-state index contributed by atoms with van der Waals surface area (Å²) < 4.78 is 23.8. The van der Waals surface area contributed by atoms with Gasteiger partial charge in [0.1, 0.15) is 22.3 Å². The van der Waals surface area contributed by atoms with Crippen molar-refractivity contribution in [2.45, 2.75) is 13.8 Å². The van der Waals surface area contributed by atoms with Crippen LogP contribution in [-0.4, -0.2) is 37.4 Å². The minimum absolute atomic E-state index is 0. The predicted molar refractivity (Wildman–Crippen MR) is 114 cm³/mol. The van der Waals surface area contributed by atoms with Crippen LogP contribution in [-0.2, 0) is 11.2 Å². The molecule has 6 nitrogen and oxygen atoms in total. The number of thiazole rings is 1. The zero-order chi connectivity index (χ0) is 20.4. The van der Waals surface area contributed by atoms with Gasteiger partial charge in [0.05, 0.1) is 12.8 Å². The second-order valence-electron chi connectivity index (χ2n) is 6.32. The minimum atomic E-state index is -0.313. The van der Waals surface area contributed by atoms with Crippen LogP contribution < -0.4 is 14.4 Å². The first kappa shape index (κ1) is 21.4. The average molecular weight is 428 g/mol. The number of anilines is 1. The number of rotatable bonds is 6. The Morgan fingerprint density at radius 3 is 2.67 bits per heavy atom. The highest BCUT2D eigenvalue weighted by Gasteiger charge is 2.30. The molecule has 2 heterocycles. The lowest BCUT2D eigenvalue weighted by Gasteiger charge is -2.26. The van der Waals surface area contributed by atoms with Crippen molar-refractivity contribution in [3.05, 3.63) is 58.9 Å². The van der Waals surface area contributed by atoms with Crippen molar-refractivity contribution in [2.24, 2.45) is 0 Å². The summed E-state index contributed by atoms with van der Waals surface area (Å²) in [6.07, 6.45) is 1.27. The largest absolute Gasteiger partial charge is 0.493 e. The number of carbonyl (C=O) groups is 2. The van der Waals surface area contributed by atoms with Crippen LogP contribution in [0.3, 0.4) is 0 Å². The van der Waals surface area contributed by atoms with Crippen LogP contribution in [0.25, 0.3) is 10.6 Å². The molecular formula is C22H21FN2O4S. The average Bonchev–Trinajstić information content (AvgIpc) is 3.18. The lowest BCUT2D eigenvalue weighted by Crippen LogP contribution is -2.36. The third-order valence-electron chi connectivity index (χ3n) is 4.57. The number of amides is 1. The van der Waals surface area contributed by atoms with Crippen molar-refractivity contribution >= 4 is 29.2 Å². The molecule has 156 valence electrons. The van der Waals surface area contributed by atoms with Gasteiger partial charge in [-0.05, 0) is 36.4 Å². The Morgan fingerprint density at radius 2 is 1.97 bits per heavy atom. The normalized spacial score (nSPS) is 12.7. The fourth-order valence-electron chi connectivity index (χ4n) is 3.16. The molecular weight excluding hydrogens is 407 g/mol. The number of aldehydes is 1. The zero-order valence-corrected chi connectivity index (χ0v) is 16.4. The van der Waals surface area contributed by atoms with Gasteiger partial charge in [0.2, 0.25) is 0 Å². The molecule has 0 unspecified atom stereocenters. The Labute approximate surface area is 177 Å². The molecule has 0 radical (unpaired) electrons. The topological polar surface area (TPSA) is 68.7 Å². The van der Waals surface area contributed by atoms with Gasteiger partial charge in [-0.1, -0.05) is 7.43 Å². The van der Waals surface area contributed by atoms with Crippen molar-refractivity contribution in [3.63, 3.8) is 0 Å². The number of benzene rings is 2. The molecule has 0 fully saturated rings. The summed E-state index contributed by atoms with van der Waals surface area (Å²) in [7, 11) is 1.50. The van der Waals surface area contributed by atoms with E-state index in [2.05, 4.69) is 4.98 Å². The van der Waals surface area contributed by atoms with E-state index in [1.807, 2.05) is 0 Å². The maximum Gasteiger partial charge on any atom is 0.270 e. The maximum absolute atomic E-state index is 13.2. The number of hydrogen-bond acceptors (Lipinski definition) is 6. The number of hydrogen-bond donors (Lipinski definition) is 0. The molecule has 2 aromatic carbocycles. The first-order valence-electron chi connectivity index (χ1n) is 8.92. The molecule has 4 rings (SSSR count). The van der Waals surface area contributed by atoms with Crippen LogP contribution in [0.4, 0.5) is 10.1 Å². The molecule has 0 N–H and O–H groups in total. The molecule has 0 spiro atoms. The Balaban J connectivity index is 0.00000256. The Hall–Kier alpha value is -3.26. The standard InChI is InChI=1S/C21H17FN2O4S.CH4/c1-27-18-12-15(6-7-17(18)28-11-10-25)24-9-8-16-19(21(24)26)29-20(23-16)13-2-4-14(22)5-3-13;/h2-7,10,12H,8-9,11H2,1H3;1H4. The summed E-state index contributed by atoms with van der Waals surface area (Å²) in [6.45, 7) is 0.408. The molecule has 1 aliphatic rings. The van der Waals surface area contributed by atoms with Gasteiger partial charge in [-0.3, -0.25) is 9.59 Å². The minimum Gasteiger partial charge on any atom is -0.493 e. The van der Waals surface area contributed by atoms with E-state index in [9.17, 15) is 14.0 Å². The summed E-state index contributed by atoms with van der Waals surface area (Å²) in [4.78, 5) is 30.5. The Kier molecular flexibility index (Phi) is 6.47. The third kappa shape index (κ3) is 4.04. The number of fused-ring (bicyclic) bond motifs is 1. The van der Waals surface area contributed by atoms with Crippen molar-refractivity contribution in [1.29, 1.82) is 0 Å². The van der Waals surface area contributed by atoms with Crippen molar-refractivity contribution in [3.8, 4) is 22.1 Å². The van der Waals surface area contributed by atoms with E-state index >= 15 is 0 Å². The van der Waals surface area contributed by atoms with E-state index in [-0.39, 0.29) is 25.8 Å². The summed E-state index contributed by atoms with van der Waals surface area (Å²) in [5.41, 5.74) is 2.21. The fourth-order valence-corrected chi connectivity index (χ4v) is 4.23. The monoisotopic (exact) mass is 428 g/mol. The molecule has 8 heteroatoms. The molecule has 0 saturated heterocycles. The van der Waals surface area contributed by atoms with Gasteiger partial charge in [0.15, 0.2) is 17.8 Å². The van der Waals surface area contributed by atoms with E-state index in [1.165, 1.54) is 30.6 Å². The van der Waals surface area contributed by atoms with E-state index in [4.69, 9.17) is 9.47 Å². The quantitative estimate of drug-likeness (QED) is 0.545. The maximum atomic E-state index is 13.2. The van der Waals surface area contributed by atoms with Gasteiger partial charge in [-0.15, -0.1) is 11.3 Å². The van der Waals surface area contributed by atoms with Crippen molar-refractivity contribution < 1.29 is 23.5 Å². The number of aromatic nitrogens is 1. The van der Waals surface area contributed by atoms with Gasteiger partial charge in [-0.25, -0.2) is 9.37 Å². The molecule has 1 aromatic heterocycles. The van der Waals surface area contributed by atoms with Gasteiger partial charge in [0.25, 0.3) is 5.91 Å². The highest BCUT2D eigenvalue weighted by Crippen LogP contribution is 2.36. The SMILES string of the molecule is C.COc1cc(N2CCc3nc(-c4ccc(F)cc4)sc3C2=O)ccc1OCC=O. The molecule has 0 bridgehead atoms. The molecule has 0 aliphatic carbocycles. The second kappa shape index (κ2) is 9.04. The first-order valence-corrected chi connectivity index (χ1v) is 9.74. The van der Waals surface area contributed by atoms with E-state index in [0.717, 1.165) is 11.3 Å². The van der Waals surface area contributed by atoms with Crippen LogP contribution in [0.1, 0.15) is 22.8 Å². The number of nitrogens with zero attached hydrogens (tertiary/aromatic N) is 2. The van der Waals surface area contributed by atoms with Crippen LogP contribution in [0, 0.1) is 5.82 Å². The zero-order valence-electron chi connectivity index (χ0n) is 15.6. The number of ether oxygens (including phenoxy) is 2. The molecule has 0 saturated carbocycles. The number of methoxy groups -OCH3 is 1. The second-order valence-corrected chi connectivity index (χ2v) is 7.32. The number of halogens is 1. The van der Waals surface area contributed by atoms with E-state index in [1.54, 1.807) is 35.2 Å². The smallest absolute Gasteiger partial charge is 0.270 e.